The third-order valence-electron chi connectivity index (χ3n) is 3.46. The quantitative estimate of drug-likeness (QED) is 0.729. The van der Waals surface area contributed by atoms with Gasteiger partial charge in [-0.05, 0) is 36.8 Å². The van der Waals surface area contributed by atoms with Crippen molar-refractivity contribution in [1.29, 1.82) is 0 Å². The normalized spacial score (nSPS) is 10.4. The van der Waals surface area contributed by atoms with E-state index in [4.69, 9.17) is 4.42 Å². The van der Waals surface area contributed by atoms with E-state index in [2.05, 4.69) is 39.9 Å². The van der Waals surface area contributed by atoms with Crippen LogP contribution in [-0.4, -0.2) is 16.1 Å². The highest BCUT2D eigenvalue weighted by molar-refractivity contribution is 5.92. The fraction of sp³-hybridized carbons (Fsp3) is 0.167. The fourth-order valence-electron chi connectivity index (χ4n) is 2.23. The molecule has 3 aromatic rings. The number of rotatable bonds is 6. The molecule has 2 aromatic heterocycles. The van der Waals surface area contributed by atoms with Crippen LogP contribution in [0, 0.1) is 6.92 Å². The van der Waals surface area contributed by atoms with Gasteiger partial charge in [0.2, 0.25) is 0 Å². The first-order valence-corrected chi connectivity index (χ1v) is 7.64. The highest BCUT2D eigenvalue weighted by atomic mass is 16.3. The molecule has 2 N–H and O–H groups in total. The molecule has 0 atom stereocenters. The maximum atomic E-state index is 12.0. The van der Waals surface area contributed by atoms with Gasteiger partial charge in [0.1, 0.15) is 11.6 Å². The first-order chi connectivity index (χ1) is 11.7. The number of carbonyl (C=O) groups excluding carboxylic acids is 1. The number of hydrogen-bond donors (Lipinski definition) is 2. The number of anilines is 1. The summed E-state index contributed by atoms with van der Waals surface area (Å²) in [5, 5.41) is 13.9. The van der Waals surface area contributed by atoms with E-state index < -0.39 is 0 Å². The second-order valence-corrected chi connectivity index (χ2v) is 5.41. The molecule has 2 heterocycles. The molecule has 0 fully saturated rings. The Hall–Kier alpha value is -3.15. The molecule has 1 amide bonds. The summed E-state index contributed by atoms with van der Waals surface area (Å²) in [7, 11) is 0. The minimum Gasteiger partial charge on any atom is -0.467 e. The van der Waals surface area contributed by atoms with Crippen LogP contribution < -0.4 is 10.6 Å². The number of benzene rings is 1. The topological polar surface area (TPSA) is 80.0 Å². The number of hydrogen-bond acceptors (Lipinski definition) is 5. The zero-order chi connectivity index (χ0) is 16.8. The minimum atomic E-state index is -0.288. The summed E-state index contributed by atoms with van der Waals surface area (Å²) in [4.78, 5) is 12.0. The minimum absolute atomic E-state index is 0.266. The molecule has 0 radical (unpaired) electrons. The van der Waals surface area contributed by atoms with Crippen LogP contribution >= 0.6 is 0 Å². The Morgan fingerprint density at radius 1 is 1.08 bits per heavy atom. The van der Waals surface area contributed by atoms with Gasteiger partial charge in [0.25, 0.3) is 5.91 Å². The Morgan fingerprint density at radius 2 is 2.00 bits per heavy atom. The van der Waals surface area contributed by atoms with Gasteiger partial charge in [-0.25, -0.2) is 0 Å². The van der Waals surface area contributed by atoms with E-state index in [9.17, 15) is 4.79 Å². The first kappa shape index (κ1) is 15.7. The molecule has 0 aliphatic carbocycles. The van der Waals surface area contributed by atoms with E-state index in [-0.39, 0.29) is 11.6 Å². The van der Waals surface area contributed by atoms with E-state index in [0.717, 1.165) is 5.56 Å². The standard InChI is InChI=1S/C18H18N4O2/c1-13-4-2-5-14(10-13)11-19-17-8-7-16(21-22-17)18(23)20-12-15-6-3-9-24-15/h2-10H,11-12H2,1H3,(H,19,22)(H,20,23). The first-order valence-electron chi connectivity index (χ1n) is 7.64. The van der Waals surface area contributed by atoms with Gasteiger partial charge in [-0.3, -0.25) is 4.79 Å². The van der Waals surface area contributed by atoms with Gasteiger partial charge in [0.05, 0.1) is 12.8 Å². The van der Waals surface area contributed by atoms with Crippen LogP contribution in [-0.2, 0) is 13.1 Å². The van der Waals surface area contributed by atoms with Gasteiger partial charge in [-0.1, -0.05) is 29.8 Å². The highest BCUT2D eigenvalue weighted by Crippen LogP contribution is 2.08. The molecule has 3 rings (SSSR count). The average Bonchev–Trinajstić information content (AvgIpc) is 3.12. The summed E-state index contributed by atoms with van der Waals surface area (Å²) in [6.07, 6.45) is 1.57. The smallest absolute Gasteiger partial charge is 0.272 e. The Bertz CT molecular complexity index is 798. The van der Waals surface area contributed by atoms with Gasteiger partial charge in [-0.15, -0.1) is 10.2 Å². The van der Waals surface area contributed by atoms with E-state index in [1.807, 2.05) is 12.1 Å². The number of nitrogens with one attached hydrogen (secondary N) is 2. The molecule has 6 nitrogen and oxygen atoms in total. The molecular weight excluding hydrogens is 304 g/mol. The molecule has 6 heteroatoms. The Balaban J connectivity index is 1.53. The number of furan rings is 1. The number of amides is 1. The van der Waals surface area contributed by atoms with Crippen LogP contribution in [0.2, 0.25) is 0 Å². The molecule has 0 aliphatic rings. The van der Waals surface area contributed by atoms with E-state index in [1.165, 1.54) is 5.56 Å². The molecular formula is C18H18N4O2. The monoisotopic (exact) mass is 322 g/mol. The van der Waals surface area contributed by atoms with Crippen molar-refractivity contribution in [2.75, 3.05) is 5.32 Å². The lowest BCUT2D eigenvalue weighted by molar-refractivity contribution is 0.0942. The summed E-state index contributed by atoms with van der Waals surface area (Å²) < 4.78 is 5.16. The van der Waals surface area contributed by atoms with Crippen LogP contribution in [0.25, 0.3) is 0 Å². The Kier molecular flexibility index (Phi) is 4.86. The van der Waals surface area contributed by atoms with Crippen molar-refractivity contribution in [3.63, 3.8) is 0 Å². The lowest BCUT2D eigenvalue weighted by Gasteiger charge is -2.07. The molecule has 0 aliphatic heterocycles. The van der Waals surface area contributed by atoms with Crippen molar-refractivity contribution in [3.05, 3.63) is 77.4 Å². The average molecular weight is 322 g/mol. The predicted molar refractivity (Wildman–Crippen MR) is 90.4 cm³/mol. The van der Waals surface area contributed by atoms with Gasteiger partial charge < -0.3 is 15.1 Å². The van der Waals surface area contributed by atoms with Gasteiger partial charge in [0, 0.05) is 6.54 Å². The molecule has 0 saturated carbocycles. The van der Waals surface area contributed by atoms with Crippen LogP contribution in [0.15, 0.2) is 59.2 Å². The molecule has 0 unspecified atom stereocenters. The largest absolute Gasteiger partial charge is 0.467 e. The third kappa shape index (κ3) is 4.19. The van der Waals surface area contributed by atoms with Crippen molar-refractivity contribution in [2.24, 2.45) is 0 Å². The lowest BCUT2D eigenvalue weighted by atomic mass is 10.1. The second-order valence-electron chi connectivity index (χ2n) is 5.41. The summed E-state index contributed by atoms with van der Waals surface area (Å²) >= 11 is 0. The number of aromatic nitrogens is 2. The zero-order valence-corrected chi connectivity index (χ0v) is 13.3. The highest BCUT2D eigenvalue weighted by Gasteiger charge is 2.08. The number of nitrogens with zero attached hydrogens (tertiary/aromatic N) is 2. The fourth-order valence-corrected chi connectivity index (χ4v) is 2.23. The maximum absolute atomic E-state index is 12.0. The van der Waals surface area contributed by atoms with Gasteiger partial charge in [0.15, 0.2) is 5.69 Å². The lowest BCUT2D eigenvalue weighted by Crippen LogP contribution is -2.24. The molecule has 1 aromatic carbocycles. The van der Waals surface area contributed by atoms with Crippen molar-refractivity contribution in [3.8, 4) is 0 Å². The van der Waals surface area contributed by atoms with Crippen molar-refractivity contribution in [2.45, 2.75) is 20.0 Å². The SMILES string of the molecule is Cc1cccc(CNc2ccc(C(=O)NCc3ccco3)nn2)c1. The van der Waals surface area contributed by atoms with E-state index >= 15 is 0 Å². The third-order valence-corrected chi connectivity index (χ3v) is 3.46. The molecule has 0 bridgehead atoms. The van der Waals surface area contributed by atoms with Crippen LogP contribution in [0.4, 0.5) is 5.82 Å². The summed E-state index contributed by atoms with van der Waals surface area (Å²) in [6.45, 7) is 3.03. The van der Waals surface area contributed by atoms with E-state index in [0.29, 0.717) is 24.7 Å². The molecule has 122 valence electrons. The van der Waals surface area contributed by atoms with Crippen molar-refractivity contribution >= 4 is 11.7 Å². The Morgan fingerprint density at radius 3 is 2.71 bits per heavy atom. The molecule has 24 heavy (non-hydrogen) atoms. The second kappa shape index (κ2) is 7.41. The Labute approximate surface area is 139 Å². The van der Waals surface area contributed by atoms with Crippen molar-refractivity contribution in [1.82, 2.24) is 15.5 Å². The van der Waals surface area contributed by atoms with Crippen LogP contribution in [0.3, 0.4) is 0 Å². The summed E-state index contributed by atoms with van der Waals surface area (Å²) in [5.74, 6) is 1.02. The molecule has 0 spiro atoms. The van der Waals surface area contributed by atoms with Crippen LogP contribution in [0.1, 0.15) is 27.4 Å². The zero-order valence-electron chi connectivity index (χ0n) is 13.3. The maximum Gasteiger partial charge on any atom is 0.272 e. The van der Waals surface area contributed by atoms with E-state index in [1.54, 1.807) is 30.5 Å². The summed E-state index contributed by atoms with van der Waals surface area (Å²) in [5.41, 5.74) is 2.64. The van der Waals surface area contributed by atoms with Crippen molar-refractivity contribution < 1.29 is 9.21 Å². The van der Waals surface area contributed by atoms with Gasteiger partial charge >= 0.3 is 0 Å². The predicted octanol–water partition coefficient (Wildman–Crippen LogP) is 2.92. The van der Waals surface area contributed by atoms with Gasteiger partial charge in [-0.2, -0.15) is 0 Å². The number of carbonyl (C=O) groups is 1. The molecule has 0 saturated heterocycles. The van der Waals surface area contributed by atoms with Crippen LogP contribution in [0.5, 0.6) is 0 Å². The summed E-state index contributed by atoms with van der Waals surface area (Å²) in [6, 6.07) is 15.2. The number of aryl methyl sites for hydroxylation is 1.